The first kappa shape index (κ1) is 22.0. The van der Waals surface area contributed by atoms with Gasteiger partial charge < -0.3 is 5.32 Å². The molecule has 1 aliphatic rings. The van der Waals surface area contributed by atoms with Crippen LogP contribution in [0.15, 0.2) is 76.7 Å². The van der Waals surface area contributed by atoms with Crippen molar-refractivity contribution in [2.24, 2.45) is 9.98 Å². The molecule has 0 aromatic heterocycles. The second-order valence-corrected chi connectivity index (χ2v) is 8.77. The fraction of sp³-hybridized carbons (Fsp3) is 0.192. The molecular formula is C26H24FN3OS. The van der Waals surface area contributed by atoms with Gasteiger partial charge in [0.15, 0.2) is 0 Å². The van der Waals surface area contributed by atoms with Crippen molar-refractivity contribution >= 4 is 39.8 Å². The Kier molecular flexibility index (Phi) is 6.81. The standard InChI is InChI=1S/C26H24FN3OS/c1-17-12-23-24(13-18(17)2)30-26(14-22(29-23)20-6-4-3-5-7-20)32-16-25(31)28-15-19-8-10-21(27)11-9-19/h3-13H,14-16H2,1-2H3,(H,28,31). The lowest BCUT2D eigenvalue weighted by Gasteiger charge is -2.08. The molecule has 0 fully saturated rings. The van der Waals surface area contributed by atoms with E-state index in [0.717, 1.165) is 38.8 Å². The van der Waals surface area contributed by atoms with Crippen LogP contribution in [0.5, 0.6) is 0 Å². The molecule has 162 valence electrons. The van der Waals surface area contributed by atoms with Crippen LogP contribution in [0.1, 0.15) is 28.7 Å². The van der Waals surface area contributed by atoms with Crippen molar-refractivity contribution in [2.45, 2.75) is 26.8 Å². The predicted octanol–water partition coefficient (Wildman–Crippen LogP) is 6.05. The fourth-order valence-electron chi connectivity index (χ4n) is 3.35. The number of rotatable bonds is 5. The number of nitrogens with zero attached hydrogens (tertiary/aromatic N) is 2. The van der Waals surface area contributed by atoms with E-state index >= 15 is 0 Å². The van der Waals surface area contributed by atoms with Crippen LogP contribution in [0.4, 0.5) is 15.8 Å². The number of hydrogen-bond donors (Lipinski definition) is 1. The first-order valence-corrected chi connectivity index (χ1v) is 11.4. The minimum absolute atomic E-state index is 0.0928. The van der Waals surface area contributed by atoms with Gasteiger partial charge in [-0.3, -0.25) is 9.79 Å². The number of carbonyl (C=O) groups is 1. The van der Waals surface area contributed by atoms with E-state index in [1.54, 1.807) is 12.1 Å². The van der Waals surface area contributed by atoms with Crippen molar-refractivity contribution in [3.8, 4) is 0 Å². The highest BCUT2D eigenvalue weighted by molar-refractivity contribution is 8.14. The van der Waals surface area contributed by atoms with Crippen LogP contribution in [0.2, 0.25) is 0 Å². The molecule has 4 nitrogen and oxygen atoms in total. The summed E-state index contributed by atoms with van der Waals surface area (Å²) in [6.07, 6.45) is 0.562. The molecule has 3 aromatic rings. The van der Waals surface area contributed by atoms with Crippen molar-refractivity contribution in [3.63, 3.8) is 0 Å². The van der Waals surface area contributed by atoms with Gasteiger partial charge in [0.1, 0.15) is 5.82 Å². The number of nitrogens with one attached hydrogen (secondary N) is 1. The molecule has 0 bridgehead atoms. The van der Waals surface area contributed by atoms with Gasteiger partial charge in [-0.1, -0.05) is 42.5 Å². The zero-order chi connectivity index (χ0) is 22.5. The smallest absolute Gasteiger partial charge is 0.230 e. The van der Waals surface area contributed by atoms with Gasteiger partial charge in [-0.2, -0.15) is 0 Å². The molecule has 0 saturated heterocycles. The maximum Gasteiger partial charge on any atom is 0.230 e. The lowest BCUT2D eigenvalue weighted by Crippen LogP contribution is -2.25. The summed E-state index contributed by atoms with van der Waals surface area (Å²) in [5.41, 5.74) is 6.85. The molecule has 0 radical (unpaired) electrons. The van der Waals surface area contributed by atoms with Crippen molar-refractivity contribution in [1.29, 1.82) is 0 Å². The maximum atomic E-state index is 13.0. The number of fused-ring (bicyclic) bond motifs is 1. The van der Waals surface area contributed by atoms with E-state index in [4.69, 9.17) is 9.98 Å². The van der Waals surface area contributed by atoms with E-state index in [-0.39, 0.29) is 17.5 Å². The molecule has 4 rings (SSSR count). The minimum atomic E-state index is -0.288. The second kappa shape index (κ2) is 9.92. The first-order valence-electron chi connectivity index (χ1n) is 10.4. The quantitative estimate of drug-likeness (QED) is 0.520. The third-order valence-electron chi connectivity index (χ3n) is 5.29. The Bertz CT molecular complexity index is 1190. The zero-order valence-electron chi connectivity index (χ0n) is 18.1. The Balaban J connectivity index is 1.50. The third kappa shape index (κ3) is 5.51. The summed E-state index contributed by atoms with van der Waals surface area (Å²) < 4.78 is 13.0. The Morgan fingerprint density at radius 1 is 0.969 bits per heavy atom. The molecule has 1 heterocycles. The molecule has 0 saturated carbocycles. The largest absolute Gasteiger partial charge is 0.351 e. The fourth-order valence-corrected chi connectivity index (χ4v) is 4.15. The summed E-state index contributed by atoms with van der Waals surface area (Å²) in [5.74, 6) is -0.129. The van der Waals surface area contributed by atoms with Gasteiger partial charge in [-0.25, -0.2) is 9.38 Å². The van der Waals surface area contributed by atoms with E-state index in [1.807, 2.05) is 30.3 Å². The van der Waals surface area contributed by atoms with E-state index in [9.17, 15) is 9.18 Å². The summed E-state index contributed by atoms with van der Waals surface area (Å²) in [4.78, 5) is 22.2. The van der Waals surface area contributed by atoms with Crippen LogP contribution < -0.4 is 5.32 Å². The summed E-state index contributed by atoms with van der Waals surface area (Å²) >= 11 is 1.43. The van der Waals surface area contributed by atoms with Crippen molar-refractivity contribution in [1.82, 2.24) is 5.32 Å². The van der Waals surface area contributed by atoms with E-state index in [0.29, 0.717) is 13.0 Å². The van der Waals surface area contributed by atoms with Crippen LogP contribution in [0, 0.1) is 19.7 Å². The highest BCUT2D eigenvalue weighted by Crippen LogP contribution is 2.35. The van der Waals surface area contributed by atoms with Gasteiger partial charge in [0.25, 0.3) is 0 Å². The van der Waals surface area contributed by atoms with E-state index in [2.05, 4.69) is 31.3 Å². The average Bonchev–Trinajstić information content (AvgIpc) is 2.97. The van der Waals surface area contributed by atoms with Crippen molar-refractivity contribution in [2.75, 3.05) is 5.75 Å². The number of amides is 1. The van der Waals surface area contributed by atoms with Gasteiger partial charge in [0.05, 0.1) is 27.9 Å². The normalized spacial score (nSPS) is 13.0. The van der Waals surface area contributed by atoms with Gasteiger partial charge >= 0.3 is 0 Å². The van der Waals surface area contributed by atoms with Crippen LogP contribution in [0.25, 0.3) is 0 Å². The Morgan fingerprint density at radius 3 is 2.31 bits per heavy atom. The summed E-state index contributed by atoms with van der Waals surface area (Å²) in [6, 6.07) is 20.3. The van der Waals surface area contributed by atoms with Crippen molar-refractivity contribution in [3.05, 3.63) is 94.8 Å². The van der Waals surface area contributed by atoms with Crippen LogP contribution >= 0.6 is 11.8 Å². The van der Waals surface area contributed by atoms with Crippen LogP contribution in [-0.4, -0.2) is 22.4 Å². The van der Waals surface area contributed by atoms with E-state index < -0.39 is 0 Å². The molecule has 0 aliphatic carbocycles. The molecule has 1 amide bonds. The summed E-state index contributed by atoms with van der Waals surface area (Å²) in [5, 5.41) is 3.74. The average molecular weight is 446 g/mol. The molecule has 1 aliphatic heterocycles. The monoisotopic (exact) mass is 445 g/mol. The summed E-state index contributed by atoms with van der Waals surface area (Å²) in [6.45, 7) is 4.50. The first-order chi connectivity index (χ1) is 15.5. The highest BCUT2D eigenvalue weighted by atomic mass is 32.2. The van der Waals surface area contributed by atoms with Crippen molar-refractivity contribution < 1.29 is 9.18 Å². The Labute approximate surface area is 191 Å². The number of aliphatic imine (C=N–C) groups is 2. The van der Waals surface area contributed by atoms with Crippen LogP contribution in [0.3, 0.4) is 0 Å². The zero-order valence-corrected chi connectivity index (χ0v) is 18.9. The SMILES string of the molecule is Cc1cc2c(cc1C)N=C(c1ccccc1)CC(SCC(=O)NCc1ccc(F)cc1)=N2. The van der Waals surface area contributed by atoms with Gasteiger partial charge in [-0.15, -0.1) is 11.8 Å². The minimum Gasteiger partial charge on any atom is -0.351 e. The number of aryl methyl sites for hydroxylation is 2. The number of carbonyl (C=O) groups excluding carboxylic acids is 1. The summed E-state index contributed by atoms with van der Waals surface area (Å²) in [7, 11) is 0. The third-order valence-corrected chi connectivity index (χ3v) is 6.27. The predicted molar refractivity (Wildman–Crippen MR) is 131 cm³/mol. The maximum absolute atomic E-state index is 13.0. The molecule has 0 spiro atoms. The molecule has 32 heavy (non-hydrogen) atoms. The Hall–Kier alpha value is -3.25. The number of hydrogen-bond acceptors (Lipinski definition) is 4. The molecule has 6 heteroatoms. The number of benzene rings is 3. The topological polar surface area (TPSA) is 53.8 Å². The molecule has 1 N–H and O–H groups in total. The van der Waals surface area contributed by atoms with Gasteiger partial charge in [0.2, 0.25) is 5.91 Å². The van der Waals surface area contributed by atoms with Gasteiger partial charge in [-0.05, 0) is 60.4 Å². The molecule has 3 aromatic carbocycles. The molecule has 0 unspecified atom stereocenters. The number of halogens is 1. The Morgan fingerprint density at radius 2 is 1.62 bits per heavy atom. The lowest BCUT2D eigenvalue weighted by molar-refractivity contribution is -0.118. The van der Waals surface area contributed by atoms with Crippen LogP contribution in [-0.2, 0) is 11.3 Å². The van der Waals surface area contributed by atoms with E-state index in [1.165, 1.54) is 29.5 Å². The second-order valence-electron chi connectivity index (χ2n) is 7.72. The van der Waals surface area contributed by atoms with Gasteiger partial charge in [0, 0.05) is 13.0 Å². The number of thioether (sulfide) groups is 1. The molecular weight excluding hydrogens is 421 g/mol. The molecule has 0 atom stereocenters. The highest BCUT2D eigenvalue weighted by Gasteiger charge is 2.17. The lowest BCUT2D eigenvalue weighted by atomic mass is 10.1.